The van der Waals surface area contributed by atoms with Crippen molar-refractivity contribution >= 4 is 43.9 Å². The van der Waals surface area contributed by atoms with E-state index in [4.69, 9.17) is 11.6 Å². The van der Waals surface area contributed by atoms with Crippen molar-refractivity contribution in [3.8, 4) is 55.6 Å². The summed E-state index contributed by atoms with van der Waals surface area (Å²) in [5.41, 5.74) is 18.6. The van der Waals surface area contributed by atoms with Crippen LogP contribution in [0.1, 0.15) is 27.6 Å². The van der Waals surface area contributed by atoms with E-state index in [0.717, 1.165) is 6.42 Å². The van der Waals surface area contributed by atoms with Gasteiger partial charge in [0.2, 0.25) is 0 Å². The number of halogens is 1. The van der Waals surface area contributed by atoms with Gasteiger partial charge < -0.3 is 0 Å². The summed E-state index contributed by atoms with van der Waals surface area (Å²) in [6, 6.07) is 49.2. The van der Waals surface area contributed by atoms with Gasteiger partial charge in [-0.25, -0.2) is 0 Å². The fourth-order valence-electron chi connectivity index (χ4n) is 9.01. The zero-order valence-electron chi connectivity index (χ0n) is 24.4. The average Bonchev–Trinajstić information content (AvgIpc) is 3.75. The Morgan fingerprint density at radius 2 is 1.02 bits per heavy atom. The van der Waals surface area contributed by atoms with Gasteiger partial charge in [-0.3, -0.25) is 0 Å². The van der Waals surface area contributed by atoms with Crippen molar-refractivity contribution in [1.82, 2.24) is 0 Å². The Kier molecular flexibility index (Phi) is 4.57. The fourth-order valence-corrected chi connectivity index (χ4v) is 9.42. The molecule has 0 saturated carbocycles. The molecule has 0 aliphatic heterocycles. The summed E-state index contributed by atoms with van der Waals surface area (Å²) in [7, 11) is 0. The molecule has 208 valence electrons. The van der Waals surface area contributed by atoms with Crippen LogP contribution in [-0.2, 0) is 6.42 Å². The molecule has 0 fully saturated rings. The predicted octanol–water partition coefficient (Wildman–Crippen LogP) is 12.3. The van der Waals surface area contributed by atoms with Gasteiger partial charge in [-0.1, -0.05) is 133 Å². The summed E-state index contributed by atoms with van der Waals surface area (Å²) >= 11 is 7.65. The molecule has 8 aromatic rings. The van der Waals surface area contributed by atoms with Gasteiger partial charge in [-0.05, 0) is 117 Å². The Labute approximate surface area is 266 Å². The van der Waals surface area contributed by atoms with E-state index in [1.54, 1.807) is 0 Å². The van der Waals surface area contributed by atoms with Gasteiger partial charge in [0, 0.05) is 0 Å². The first-order chi connectivity index (χ1) is 22.3. The minimum Gasteiger partial charge on any atom is -0.113 e. The van der Waals surface area contributed by atoms with Crippen molar-refractivity contribution in [1.29, 1.82) is 0 Å². The highest BCUT2D eigenvalue weighted by Crippen LogP contribution is 2.64. The highest BCUT2D eigenvalue weighted by atomic mass is 35.5. The highest BCUT2D eigenvalue weighted by molar-refractivity contribution is 6.40. The van der Waals surface area contributed by atoms with E-state index in [2.05, 4.69) is 133 Å². The number of rotatable bonds is 2. The van der Waals surface area contributed by atoms with Crippen molar-refractivity contribution in [3.05, 3.63) is 156 Å². The molecular weight excluding hydrogens is 564 g/mol. The molecule has 0 spiro atoms. The molecule has 0 aromatic heterocycles. The summed E-state index contributed by atoms with van der Waals surface area (Å²) in [5, 5.41) is 7.87. The van der Waals surface area contributed by atoms with E-state index in [0.29, 0.717) is 0 Å². The van der Waals surface area contributed by atoms with Crippen molar-refractivity contribution in [2.45, 2.75) is 11.8 Å². The topological polar surface area (TPSA) is 0 Å². The lowest BCUT2D eigenvalue weighted by Gasteiger charge is -2.21. The van der Waals surface area contributed by atoms with Crippen LogP contribution in [0, 0.1) is 0 Å². The molecule has 11 rings (SSSR count). The largest absolute Gasteiger partial charge is 0.113 e. The molecule has 0 heterocycles. The minimum absolute atomic E-state index is 0.217. The van der Waals surface area contributed by atoms with Crippen LogP contribution in [0.2, 0.25) is 0 Å². The number of hydrogen-bond acceptors (Lipinski definition) is 0. The van der Waals surface area contributed by atoms with E-state index in [1.807, 2.05) is 0 Å². The summed E-state index contributed by atoms with van der Waals surface area (Å²) < 4.78 is 0. The lowest BCUT2D eigenvalue weighted by Crippen LogP contribution is -1.98. The Bertz CT molecular complexity index is 2610. The molecule has 45 heavy (non-hydrogen) atoms. The van der Waals surface area contributed by atoms with Gasteiger partial charge >= 0.3 is 0 Å². The molecule has 0 bridgehead atoms. The second kappa shape index (κ2) is 8.51. The monoisotopic (exact) mass is 588 g/mol. The third-order valence-corrected chi connectivity index (χ3v) is 11.1. The van der Waals surface area contributed by atoms with Crippen LogP contribution in [0.5, 0.6) is 0 Å². The number of benzene rings is 8. The molecule has 3 aliphatic carbocycles. The smallest absolute Gasteiger partial charge is 0.0853 e. The molecule has 1 unspecified atom stereocenters. The Balaban J connectivity index is 1.41. The number of fused-ring (bicyclic) bond motifs is 9. The molecule has 1 atom stereocenters. The van der Waals surface area contributed by atoms with Crippen LogP contribution in [0.4, 0.5) is 0 Å². The van der Waals surface area contributed by atoms with Gasteiger partial charge in [-0.2, -0.15) is 0 Å². The lowest BCUT2D eigenvalue weighted by molar-refractivity contribution is 1.20. The zero-order chi connectivity index (χ0) is 29.4. The van der Waals surface area contributed by atoms with Crippen LogP contribution in [0.25, 0.3) is 88.0 Å². The Morgan fingerprint density at radius 1 is 0.444 bits per heavy atom. The van der Waals surface area contributed by atoms with Crippen molar-refractivity contribution in [2.24, 2.45) is 0 Å². The van der Waals surface area contributed by atoms with Gasteiger partial charge in [0.25, 0.3) is 0 Å². The normalized spacial score (nSPS) is 14.9. The third kappa shape index (κ3) is 2.90. The molecule has 0 nitrogen and oxygen atoms in total. The van der Waals surface area contributed by atoms with Crippen LogP contribution in [0.15, 0.2) is 133 Å². The first-order valence-electron chi connectivity index (χ1n) is 15.8. The quantitative estimate of drug-likeness (QED) is 0.139. The van der Waals surface area contributed by atoms with Gasteiger partial charge in [0.15, 0.2) is 0 Å². The molecule has 0 N–H and O–H groups in total. The average molecular weight is 589 g/mol. The molecule has 0 amide bonds. The standard InChI is InChI=1S/C44H25Cl/c45-44-30-18-10-9-17-29(30)38-35(25-13-5-2-6-14-25)32-22-20-26-19-21-31-34(24-11-3-1-4-12-24)37-28-16-8-7-15-27(28)23-33(37)41-39(31)36(26)40(32)42(41)43(38)44/h1-22,44H,23H2. The summed E-state index contributed by atoms with van der Waals surface area (Å²) in [6.07, 6.45) is 0.928. The summed E-state index contributed by atoms with van der Waals surface area (Å²) in [4.78, 5) is 0. The third-order valence-electron chi connectivity index (χ3n) is 10.7. The number of hydrogen-bond donors (Lipinski definition) is 0. The Hall–Kier alpha value is -5.17. The Morgan fingerprint density at radius 3 is 1.73 bits per heavy atom. The maximum absolute atomic E-state index is 7.65. The zero-order valence-corrected chi connectivity index (χ0v) is 25.1. The SMILES string of the molecule is ClC1c2ccccc2-c2c1c1c3c(ccc4ccc5c(-c6ccccc6)c6c(c-1c5c43)Cc1ccccc1-6)c2-c1ccccc1. The molecular formula is C44H25Cl. The summed E-state index contributed by atoms with van der Waals surface area (Å²) in [6.45, 7) is 0. The second-order valence-corrected chi connectivity index (χ2v) is 13.2. The van der Waals surface area contributed by atoms with Gasteiger partial charge in [0.05, 0.1) is 5.38 Å². The van der Waals surface area contributed by atoms with E-state index in [-0.39, 0.29) is 5.38 Å². The minimum atomic E-state index is -0.217. The van der Waals surface area contributed by atoms with E-state index in [9.17, 15) is 0 Å². The highest BCUT2D eigenvalue weighted by Gasteiger charge is 2.40. The van der Waals surface area contributed by atoms with Gasteiger partial charge in [0.1, 0.15) is 0 Å². The molecule has 0 saturated heterocycles. The van der Waals surface area contributed by atoms with Gasteiger partial charge in [-0.15, -0.1) is 11.6 Å². The lowest BCUT2D eigenvalue weighted by atomic mass is 9.82. The molecule has 3 aliphatic rings. The van der Waals surface area contributed by atoms with E-state index in [1.165, 1.54) is 110 Å². The first-order valence-corrected chi connectivity index (χ1v) is 16.2. The van der Waals surface area contributed by atoms with E-state index >= 15 is 0 Å². The molecule has 8 aromatic carbocycles. The predicted molar refractivity (Wildman–Crippen MR) is 190 cm³/mol. The number of alkyl halides is 1. The van der Waals surface area contributed by atoms with Crippen molar-refractivity contribution in [3.63, 3.8) is 0 Å². The second-order valence-electron chi connectivity index (χ2n) is 12.7. The first kappa shape index (κ1) is 24.2. The van der Waals surface area contributed by atoms with Crippen LogP contribution in [-0.4, -0.2) is 0 Å². The maximum atomic E-state index is 7.65. The molecule has 0 radical (unpaired) electrons. The van der Waals surface area contributed by atoms with Crippen molar-refractivity contribution in [2.75, 3.05) is 0 Å². The molecule has 1 heteroatoms. The van der Waals surface area contributed by atoms with Crippen molar-refractivity contribution < 1.29 is 0 Å². The van der Waals surface area contributed by atoms with Crippen LogP contribution < -0.4 is 0 Å². The van der Waals surface area contributed by atoms with E-state index < -0.39 is 0 Å². The fraction of sp³-hybridized carbons (Fsp3) is 0.0455. The maximum Gasteiger partial charge on any atom is 0.0853 e. The van der Waals surface area contributed by atoms with Crippen LogP contribution >= 0.6 is 11.6 Å². The van der Waals surface area contributed by atoms with Crippen LogP contribution in [0.3, 0.4) is 0 Å². The summed E-state index contributed by atoms with van der Waals surface area (Å²) in [5.74, 6) is 0.